The van der Waals surface area contributed by atoms with E-state index in [0.717, 1.165) is 51.4 Å². The highest BCUT2D eigenvalue weighted by atomic mass is 16.7. The molecule has 9 unspecified atom stereocenters. The molecule has 1 fully saturated rings. The van der Waals surface area contributed by atoms with Crippen molar-refractivity contribution in [3.05, 3.63) is 24.3 Å². The van der Waals surface area contributed by atoms with Crippen LogP contribution in [0.2, 0.25) is 0 Å². The van der Waals surface area contributed by atoms with Crippen LogP contribution in [0.3, 0.4) is 0 Å². The van der Waals surface area contributed by atoms with Gasteiger partial charge in [-0.2, -0.15) is 0 Å². The van der Waals surface area contributed by atoms with Crippen LogP contribution in [0.1, 0.15) is 136 Å². The van der Waals surface area contributed by atoms with E-state index in [1.807, 2.05) is 0 Å². The second-order valence-electron chi connectivity index (χ2n) is 13.3. The summed E-state index contributed by atoms with van der Waals surface area (Å²) in [5.74, 6) is -0.722. The molecule has 1 heterocycles. The quantitative estimate of drug-likeness (QED) is 0.0423. The van der Waals surface area contributed by atoms with Crippen molar-refractivity contribution in [1.29, 1.82) is 0 Å². The molecule has 0 aromatic rings. The molecule has 1 amide bonds. The predicted octanol–water partition coefficient (Wildman–Crippen LogP) is 3.93. The van der Waals surface area contributed by atoms with Gasteiger partial charge in [-0.15, -0.1) is 0 Å². The molecule has 1 rings (SSSR count). The first-order valence-electron chi connectivity index (χ1n) is 18.7. The van der Waals surface area contributed by atoms with E-state index in [0.29, 0.717) is 12.8 Å². The lowest BCUT2D eigenvalue weighted by atomic mass is 9.98. The summed E-state index contributed by atoms with van der Waals surface area (Å²) in [5, 5.41) is 74.9. The molecule has 1 aliphatic heterocycles. The van der Waals surface area contributed by atoms with Crippen molar-refractivity contribution in [2.45, 2.75) is 191 Å². The fourth-order valence-corrected chi connectivity index (χ4v) is 5.73. The number of aliphatic hydroxyl groups excluding tert-OH is 7. The Bertz CT molecular complexity index is 841. The molecule has 11 heteroatoms. The van der Waals surface area contributed by atoms with Crippen LogP contribution in [-0.2, 0) is 14.3 Å². The number of allylic oxidation sites excluding steroid dienone is 4. The van der Waals surface area contributed by atoms with Crippen molar-refractivity contribution < 1.29 is 50.0 Å². The van der Waals surface area contributed by atoms with Crippen LogP contribution >= 0.6 is 0 Å². The molecule has 8 N–H and O–H groups in total. The molecule has 0 aromatic carbocycles. The van der Waals surface area contributed by atoms with Gasteiger partial charge in [-0.05, 0) is 64.2 Å². The van der Waals surface area contributed by atoms with Gasteiger partial charge < -0.3 is 50.5 Å². The number of nitrogens with one attached hydrogen (secondary N) is 1. The van der Waals surface area contributed by atoms with E-state index >= 15 is 0 Å². The summed E-state index contributed by atoms with van der Waals surface area (Å²) in [6.07, 6.45) is 15.4. The van der Waals surface area contributed by atoms with Gasteiger partial charge in [-0.1, -0.05) is 95.9 Å². The topological polar surface area (TPSA) is 189 Å². The molecule has 9 atom stereocenters. The first-order valence-corrected chi connectivity index (χ1v) is 18.7. The van der Waals surface area contributed by atoms with Crippen LogP contribution in [0.15, 0.2) is 24.3 Å². The molecular formula is C37H69NO10. The largest absolute Gasteiger partial charge is 0.394 e. The maximum atomic E-state index is 12.9. The molecule has 1 saturated heterocycles. The van der Waals surface area contributed by atoms with Crippen LogP contribution < -0.4 is 5.32 Å². The molecule has 0 aromatic heterocycles. The Balaban J connectivity index is 2.63. The van der Waals surface area contributed by atoms with E-state index in [1.54, 1.807) is 0 Å². The van der Waals surface area contributed by atoms with Crippen molar-refractivity contribution in [1.82, 2.24) is 5.32 Å². The van der Waals surface area contributed by atoms with Gasteiger partial charge in [0.2, 0.25) is 5.91 Å². The molecule has 1 aliphatic rings. The molecule has 0 spiro atoms. The maximum Gasteiger partial charge on any atom is 0.249 e. The summed E-state index contributed by atoms with van der Waals surface area (Å²) in [5.41, 5.74) is 0. The Kier molecular flexibility index (Phi) is 26.3. The smallest absolute Gasteiger partial charge is 0.249 e. The Labute approximate surface area is 289 Å². The second-order valence-corrected chi connectivity index (χ2v) is 13.3. The summed E-state index contributed by atoms with van der Waals surface area (Å²) < 4.78 is 11.0. The van der Waals surface area contributed by atoms with Crippen molar-refractivity contribution in [2.75, 3.05) is 13.2 Å². The fraction of sp³-hybridized carbons (Fsp3) is 0.865. The van der Waals surface area contributed by atoms with Gasteiger partial charge in [0.05, 0.1) is 25.4 Å². The van der Waals surface area contributed by atoms with E-state index in [1.165, 1.54) is 44.9 Å². The monoisotopic (exact) mass is 687 g/mol. The van der Waals surface area contributed by atoms with Gasteiger partial charge >= 0.3 is 0 Å². The van der Waals surface area contributed by atoms with Gasteiger partial charge in [0.1, 0.15) is 36.6 Å². The van der Waals surface area contributed by atoms with Crippen LogP contribution in [0.5, 0.6) is 0 Å². The molecule has 0 saturated carbocycles. The van der Waals surface area contributed by atoms with E-state index in [4.69, 9.17) is 9.47 Å². The number of unbranched alkanes of at least 4 members (excludes halogenated alkanes) is 13. The molecule has 0 radical (unpaired) electrons. The van der Waals surface area contributed by atoms with E-state index in [-0.39, 0.29) is 12.8 Å². The van der Waals surface area contributed by atoms with E-state index < -0.39 is 74.2 Å². The zero-order valence-corrected chi connectivity index (χ0v) is 29.7. The number of carbonyl (C=O) groups is 1. The SMILES string of the molecule is CCCCC/C=C\CCCCCCC(O)C(=O)NC(COC1OC(CO)C(O)C(O)C1O)C(O)C(O)CCC/C=C/CCCCCCC. The van der Waals surface area contributed by atoms with Crippen LogP contribution in [0.4, 0.5) is 0 Å². The Hall–Kier alpha value is -1.41. The lowest BCUT2D eigenvalue weighted by Gasteiger charge is -2.40. The molecule has 0 bridgehead atoms. The molecule has 48 heavy (non-hydrogen) atoms. The summed E-state index contributed by atoms with van der Waals surface area (Å²) >= 11 is 0. The summed E-state index contributed by atoms with van der Waals surface area (Å²) in [6.45, 7) is 3.30. The molecule has 282 valence electrons. The highest BCUT2D eigenvalue weighted by molar-refractivity contribution is 5.80. The van der Waals surface area contributed by atoms with Crippen LogP contribution in [-0.4, -0.2) is 110 Å². The molecule has 0 aliphatic carbocycles. The first kappa shape index (κ1) is 44.6. The number of ether oxygens (including phenoxy) is 2. The third-order valence-electron chi connectivity index (χ3n) is 8.98. The molecule has 11 nitrogen and oxygen atoms in total. The van der Waals surface area contributed by atoms with Crippen molar-refractivity contribution in [2.24, 2.45) is 0 Å². The number of aliphatic hydroxyl groups is 7. The predicted molar refractivity (Wildman–Crippen MR) is 187 cm³/mol. The first-order chi connectivity index (χ1) is 23.2. The Morgan fingerprint density at radius 2 is 1.23 bits per heavy atom. The van der Waals surface area contributed by atoms with Crippen LogP contribution in [0.25, 0.3) is 0 Å². The van der Waals surface area contributed by atoms with Crippen molar-refractivity contribution >= 4 is 5.91 Å². The lowest BCUT2D eigenvalue weighted by molar-refractivity contribution is -0.303. The minimum atomic E-state index is -1.67. The second kappa shape index (κ2) is 28.3. The van der Waals surface area contributed by atoms with Crippen molar-refractivity contribution in [3.8, 4) is 0 Å². The highest BCUT2D eigenvalue weighted by Gasteiger charge is 2.44. The van der Waals surface area contributed by atoms with Crippen LogP contribution in [0, 0.1) is 0 Å². The fourth-order valence-electron chi connectivity index (χ4n) is 5.73. The number of rotatable bonds is 29. The molecular weight excluding hydrogens is 618 g/mol. The third kappa shape index (κ3) is 19.1. The van der Waals surface area contributed by atoms with E-state index in [2.05, 4.69) is 43.5 Å². The zero-order chi connectivity index (χ0) is 35.6. The minimum Gasteiger partial charge on any atom is -0.394 e. The standard InChI is InChI=1S/C37H69NO10/c1-3-5-7-9-11-13-15-17-19-21-23-25-30(41)36(46)38-28(27-47-37-35(45)34(44)33(43)31(26-39)48-37)32(42)29(40)24-22-20-18-16-14-12-10-8-6-4-2/h11,13,16,18,28-35,37,39-45H,3-10,12,14-15,17,19-27H2,1-2H3,(H,38,46)/b13-11-,18-16+. The average Bonchev–Trinajstić information content (AvgIpc) is 3.08. The summed E-state index contributed by atoms with van der Waals surface area (Å²) in [4.78, 5) is 12.9. The number of hydrogen-bond donors (Lipinski definition) is 8. The zero-order valence-electron chi connectivity index (χ0n) is 29.7. The van der Waals surface area contributed by atoms with Gasteiger partial charge in [0.15, 0.2) is 6.29 Å². The number of hydrogen-bond acceptors (Lipinski definition) is 10. The van der Waals surface area contributed by atoms with Gasteiger partial charge in [-0.3, -0.25) is 4.79 Å². The number of amides is 1. The Morgan fingerprint density at radius 1 is 0.708 bits per heavy atom. The summed E-state index contributed by atoms with van der Waals surface area (Å²) in [7, 11) is 0. The highest BCUT2D eigenvalue weighted by Crippen LogP contribution is 2.23. The van der Waals surface area contributed by atoms with Crippen molar-refractivity contribution in [3.63, 3.8) is 0 Å². The number of carbonyl (C=O) groups excluding carboxylic acids is 1. The summed E-state index contributed by atoms with van der Waals surface area (Å²) in [6, 6.07) is -1.18. The van der Waals surface area contributed by atoms with Gasteiger partial charge in [0.25, 0.3) is 0 Å². The minimum absolute atomic E-state index is 0.239. The maximum absolute atomic E-state index is 12.9. The Morgan fingerprint density at radius 3 is 1.81 bits per heavy atom. The third-order valence-corrected chi connectivity index (χ3v) is 8.98. The van der Waals surface area contributed by atoms with Gasteiger partial charge in [0, 0.05) is 0 Å². The average molecular weight is 688 g/mol. The normalized spacial score (nSPS) is 24.2. The van der Waals surface area contributed by atoms with E-state index in [9.17, 15) is 40.5 Å². The van der Waals surface area contributed by atoms with Gasteiger partial charge in [-0.25, -0.2) is 0 Å². The lowest BCUT2D eigenvalue weighted by Crippen LogP contribution is -2.60.